The maximum atomic E-state index is 12.1. The molecule has 1 aromatic carbocycles. The summed E-state index contributed by atoms with van der Waals surface area (Å²) in [5.74, 6) is 0.762. The first-order valence-electron chi connectivity index (χ1n) is 6.68. The molecule has 0 saturated carbocycles. The summed E-state index contributed by atoms with van der Waals surface area (Å²) in [6, 6.07) is 7.49. The van der Waals surface area contributed by atoms with E-state index in [1.54, 1.807) is 0 Å². The van der Waals surface area contributed by atoms with Crippen molar-refractivity contribution in [3.05, 3.63) is 41.4 Å². The van der Waals surface area contributed by atoms with Crippen LogP contribution in [0.4, 0.5) is 0 Å². The first-order chi connectivity index (χ1) is 9.69. The largest absolute Gasteiger partial charge is 0.484 e. The lowest BCUT2D eigenvalue weighted by Gasteiger charge is -2.34. The zero-order valence-corrected chi connectivity index (χ0v) is 13.0. The fourth-order valence-corrected chi connectivity index (χ4v) is 2.39. The van der Waals surface area contributed by atoms with Gasteiger partial charge < -0.3 is 9.64 Å². The molecule has 1 amide bonds. The summed E-state index contributed by atoms with van der Waals surface area (Å²) in [6.07, 6.45) is 1.90. The van der Waals surface area contributed by atoms with Crippen LogP contribution in [-0.4, -0.2) is 55.0 Å². The molecule has 5 heteroatoms. The van der Waals surface area contributed by atoms with Gasteiger partial charge in [0, 0.05) is 37.2 Å². The zero-order chi connectivity index (χ0) is 14.4. The number of carbonyl (C=O) groups excluding carboxylic acids is 1. The molecule has 20 heavy (non-hydrogen) atoms. The van der Waals surface area contributed by atoms with Gasteiger partial charge in [-0.15, -0.1) is 6.58 Å². The van der Waals surface area contributed by atoms with Gasteiger partial charge in [0.1, 0.15) is 5.75 Å². The van der Waals surface area contributed by atoms with Gasteiger partial charge in [0.25, 0.3) is 5.91 Å². The van der Waals surface area contributed by atoms with Crippen LogP contribution in [0.2, 0.25) is 0 Å². The van der Waals surface area contributed by atoms with Crippen molar-refractivity contribution >= 4 is 21.8 Å². The Kier molecular flexibility index (Phi) is 5.61. The van der Waals surface area contributed by atoms with E-state index in [1.165, 1.54) is 0 Å². The van der Waals surface area contributed by atoms with Gasteiger partial charge in [0.05, 0.1) is 0 Å². The molecule has 1 saturated heterocycles. The van der Waals surface area contributed by atoms with E-state index in [9.17, 15) is 4.79 Å². The minimum Gasteiger partial charge on any atom is -0.484 e. The molecule has 1 aliphatic rings. The number of benzene rings is 1. The van der Waals surface area contributed by atoms with Gasteiger partial charge in [-0.3, -0.25) is 9.69 Å². The van der Waals surface area contributed by atoms with Crippen LogP contribution < -0.4 is 4.74 Å². The summed E-state index contributed by atoms with van der Waals surface area (Å²) in [4.78, 5) is 16.2. The average Bonchev–Trinajstić information content (AvgIpc) is 2.47. The van der Waals surface area contributed by atoms with Gasteiger partial charge in [0.15, 0.2) is 6.61 Å². The Morgan fingerprint density at radius 3 is 2.50 bits per heavy atom. The number of piperazine rings is 1. The van der Waals surface area contributed by atoms with Gasteiger partial charge in [-0.25, -0.2) is 0 Å². The molecular formula is C15H19BrN2O2. The molecule has 0 unspecified atom stereocenters. The third kappa shape index (κ3) is 4.35. The highest BCUT2D eigenvalue weighted by atomic mass is 79.9. The molecular weight excluding hydrogens is 320 g/mol. The molecule has 0 radical (unpaired) electrons. The molecule has 2 rings (SSSR count). The van der Waals surface area contributed by atoms with Crippen molar-refractivity contribution in [2.24, 2.45) is 0 Å². The predicted octanol–water partition coefficient (Wildman–Crippen LogP) is 2.16. The lowest BCUT2D eigenvalue weighted by Crippen LogP contribution is -2.49. The molecule has 0 aliphatic carbocycles. The number of nitrogens with zero attached hydrogens (tertiary/aromatic N) is 2. The second kappa shape index (κ2) is 7.45. The number of amides is 1. The molecule has 0 atom stereocenters. The standard InChI is InChI=1S/C15H19BrN2O2/c1-2-7-17-8-10-18(11-9-17)15(19)12-20-14-5-3-13(16)4-6-14/h2-6H,1,7-12H2. The summed E-state index contributed by atoms with van der Waals surface area (Å²) in [5, 5.41) is 0. The number of carbonyl (C=O) groups is 1. The average molecular weight is 339 g/mol. The Labute approximate surface area is 128 Å². The first kappa shape index (κ1) is 15.1. The lowest BCUT2D eigenvalue weighted by atomic mass is 10.3. The molecule has 0 spiro atoms. The van der Waals surface area contributed by atoms with Gasteiger partial charge in [-0.2, -0.15) is 0 Å². The van der Waals surface area contributed by atoms with Crippen molar-refractivity contribution in [2.45, 2.75) is 0 Å². The molecule has 108 valence electrons. The zero-order valence-electron chi connectivity index (χ0n) is 11.4. The highest BCUT2D eigenvalue weighted by Gasteiger charge is 2.20. The molecule has 1 aromatic rings. The van der Waals surface area contributed by atoms with Gasteiger partial charge in [-0.1, -0.05) is 22.0 Å². The number of hydrogen-bond acceptors (Lipinski definition) is 3. The molecule has 1 heterocycles. The third-order valence-electron chi connectivity index (χ3n) is 3.29. The van der Waals surface area contributed by atoms with E-state index in [0.717, 1.165) is 37.2 Å². The van der Waals surface area contributed by atoms with E-state index in [2.05, 4.69) is 27.4 Å². The first-order valence-corrected chi connectivity index (χ1v) is 7.48. The summed E-state index contributed by atoms with van der Waals surface area (Å²) in [6.45, 7) is 8.04. The van der Waals surface area contributed by atoms with Crippen LogP contribution in [0.3, 0.4) is 0 Å². The molecule has 4 nitrogen and oxygen atoms in total. The Balaban J connectivity index is 1.75. The molecule has 0 aromatic heterocycles. The van der Waals surface area contributed by atoms with Crippen molar-refractivity contribution in [1.29, 1.82) is 0 Å². The van der Waals surface area contributed by atoms with Gasteiger partial charge >= 0.3 is 0 Å². The van der Waals surface area contributed by atoms with E-state index in [0.29, 0.717) is 5.75 Å². The minimum atomic E-state index is 0.0474. The van der Waals surface area contributed by atoms with Gasteiger partial charge in [0.2, 0.25) is 0 Å². The Bertz CT molecular complexity index is 453. The number of hydrogen-bond donors (Lipinski definition) is 0. The van der Waals surface area contributed by atoms with Crippen molar-refractivity contribution in [3.8, 4) is 5.75 Å². The van der Waals surface area contributed by atoms with Gasteiger partial charge in [-0.05, 0) is 24.3 Å². The molecule has 1 fully saturated rings. The summed E-state index contributed by atoms with van der Waals surface area (Å²) < 4.78 is 6.50. The molecule has 0 bridgehead atoms. The highest BCUT2D eigenvalue weighted by Crippen LogP contribution is 2.16. The van der Waals surface area contributed by atoms with Crippen LogP contribution in [0.15, 0.2) is 41.4 Å². The number of halogens is 1. The van der Waals surface area contributed by atoms with E-state index in [4.69, 9.17) is 4.74 Å². The van der Waals surface area contributed by atoms with E-state index >= 15 is 0 Å². The molecule has 0 N–H and O–H groups in total. The smallest absolute Gasteiger partial charge is 0.260 e. The second-order valence-corrected chi connectivity index (χ2v) is 5.63. The Morgan fingerprint density at radius 1 is 1.25 bits per heavy atom. The lowest BCUT2D eigenvalue weighted by molar-refractivity contribution is -0.135. The predicted molar refractivity (Wildman–Crippen MR) is 82.9 cm³/mol. The summed E-state index contributed by atoms with van der Waals surface area (Å²) in [5.41, 5.74) is 0. The van der Waals surface area contributed by atoms with Crippen LogP contribution in [0.5, 0.6) is 5.75 Å². The van der Waals surface area contributed by atoms with Crippen LogP contribution in [-0.2, 0) is 4.79 Å². The van der Waals surface area contributed by atoms with Crippen molar-refractivity contribution in [2.75, 3.05) is 39.3 Å². The van der Waals surface area contributed by atoms with Crippen molar-refractivity contribution in [3.63, 3.8) is 0 Å². The van der Waals surface area contributed by atoms with Crippen LogP contribution in [0.1, 0.15) is 0 Å². The Hall–Kier alpha value is -1.33. The fraction of sp³-hybridized carbons (Fsp3) is 0.400. The summed E-state index contributed by atoms with van der Waals surface area (Å²) >= 11 is 3.36. The minimum absolute atomic E-state index is 0.0474. The SMILES string of the molecule is C=CCN1CCN(C(=O)COc2ccc(Br)cc2)CC1. The monoisotopic (exact) mass is 338 g/mol. The topological polar surface area (TPSA) is 32.8 Å². The van der Waals surface area contributed by atoms with E-state index < -0.39 is 0 Å². The fourth-order valence-electron chi connectivity index (χ4n) is 2.13. The number of rotatable bonds is 5. The second-order valence-electron chi connectivity index (χ2n) is 4.71. The van der Waals surface area contributed by atoms with Crippen LogP contribution >= 0.6 is 15.9 Å². The third-order valence-corrected chi connectivity index (χ3v) is 3.82. The quantitative estimate of drug-likeness (QED) is 0.771. The number of ether oxygens (including phenoxy) is 1. The Morgan fingerprint density at radius 2 is 1.90 bits per heavy atom. The van der Waals surface area contributed by atoms with E-state index in [1.807, 2.05) is 35.2 Å². The maximum absolute atomic E-state index is 12.1. The molecule has 1 aliphatic heterocycles. The maximum Gasteiger partial charge on any atom is 0.260 e. The van der Waals surface area contributed by atoms with Crippen molar-refractivity contribution in [1.82, 2.24) is 9.80 Å². The normalized spacial score (nSPS) is 15.9. The summed E-state index contributed by atoms with van der Waals surface area (Å²) in [7, 11) is 0. The highest BCUT2D eigenvalue weighted by molar-refractivity contribution is 9.10. The van der Waals surface area contributed by atoms with Crippen molar-refractivity contribution < 1.29 is 9.53 Å². The van der Waals surface area contributed by atoms with Crippen LogP contribution in [0.25, 0.3) is 0 Å². The van der Waals surface area contributed by atoms with E-state index in [-0.39, 0.29) is 12.5 Å². The van der Waals surface area contributed by atoms with Crippen LogP contribution in [0, 0.1) is 0 Å².